The van der Waals surface area contributed by atoms with Crippen LogP contribution in [0.25, 0.3) is 0 Å². The molecule has 1 aliphatic heterocycles. The van der Waals surface area contributed by atoms with Crippen LogP contribution in [-0.2, 0) is 13.0 Å². The molecule has 6 nitrogen and oxygen atoms in total. The van der Waals surface area contributed by atoms with E-state index < -0.39 is 0 Å². The summed E-state index contributed by atoms with van der Waals surface area (Å²) in [6.07, 6.45) is 4.75. The first-order valence-electron chi connectivity index (χ1n) is 11.5. The third kappa shape index (κ3) is 5.97. The summed E-state index contributed by atoms with van der Waals surface area (Å²) in [7, 11) is 3.90. The molecule has 1 aromatic carbocycles. The molecule has 0 spiro atoms. The van der Waals surface area contributed by atoms with Crippen LogP contribution in [0.2, 0.25) is 0 Å². The van der Waals surface area contributed by atoms with Crippen LogP contribution in [0.3, 0.4) is 0 Å². The van der Waals surface area contributed by atoms with E-state index in [0.717, 1.165) is 55.3 Å². The highest BCUT2D eigenvalue weighted by atomic mass is 32.1. The van der Waals surface area contributed by atoms with Crippen molar-refractivity contribution < 1.29 is 9.53 Å². The molecule has 3 heterocycles. The van der Waals surface area contributed by atoms with Crippen molar-refractivity contribution in [2.75, 3.05) is 27.2 Å². The molecule has 7 heteroatoms. The van der Waals surface area contributed by atoms with Crippen molar-refractivity contribution in [3.8, 4) is 5.75 Å². The highest BCUT2D eigenvalue weighted by Crippen LogP contribution is 2.29. The first-order chi connectivity index (χ1) is 16.0. The van der Waals surface area contributed by atoms with Crippen molar-refractivity contribution >= 4 is 17.2 Å². The van der Waals surface area contributed by atoms with Gasteiger partial charge in [-0.3, -0.25) is 14.7 Å². The Bertz CT molecular complexity index is 1050. The van der Waals surface area contributed by atoms with Crippen LogP contribution in [0.5, 0.6) is 5.75 Å². The van der Waals surface area contributed by atoms with E-state index in [1.807, 2.05) is 41.6 Å². The Kier molecular flexibility index (Phi) is 7.73. The fraction of sp³-hybridized carbons (Fsp3) is 0.423. The zero-order valence-corrected chi connectivity index (χ0v) is 20.4. The normalized spacial score (nSPS) is 15.6. The number of benzene rings is 1. The monoisotopic (exact) mass is 464 g/mol. The minimum Gasteiger partial charge on any atom is -0.497 e. The average Bonchev–Trinajstić information content (AvgIpc) is 3.29. The number of methoxy groups -OCH3 is 1. The van der Waals surface area contributed by atoms with Crippen LogP contribution in [0.15, 0.2) is 54.0 Å². The molecule has 3 aromatic rings. The van der Waals surface area contributed by atoms with Gasteiger partial charge < -0.3 is 9.64 Å². The minimum atomic E-state index is 0.0592. The molecule has 174 valence electrons. The molecular weight excluding hydrogens is 432 g/mol. The molecule has 4 rings (SSSR count). The van der Waals surface area contributed by atoms with Gasteiger partial charge in [-0.1, -0.05) is 18.2 Å². The Morgan fingerprint density at radius 3 is 2.73 bits per heavy atom. The molecule has 1 amide bonds. The van der Waals surface area contributed by atoms with Gasteiger partial charge in [0.25, 0.3) is 5.91 Å². The molecule has 0 N–H and O–H groups in total. The van der Waals surface area contributed by atoms with Crippen LogP contribution in [0.4, 0.5) is 0 Å². The van der Waals surface area contributed by atoms with Crippen molar-refractivity contribution in [1.82, 2.24) is 19.8 Å². The standard InChI is InChI=1S/C26H32N4O2S/c1-19-28-24(18-33-19)26(31)30-13-10-21(11-14-30)25(16-20-7-6-9-23(15-20)32-3)29(2)17-22-8-4-5-12-27-22/h4-9,12,15,18,21,25H,10-11,13-14,16-17H2,1-3H3. The molecule has 1 saturated heterocycles. The van der Waals surface area contributed by atoms with Gasteiger partial charge in [-0.05, 0) is 69.0 Å². The summed E-state index contributed by atoms with van der Waals surface area (Å²) in [6, 6.07) is 14.8. The number of likely N-dealkylation sites (N-methyl/N-ethyl adjacent to an activating group) is 1. The summed E-state index contributed by atoms with van der Waals surface area (Å²) in [5, 5.41) is 2.80. The Morgan fingerprint density at radius 1 is 1.24 bits per heavy atom. The van der Waals surface area contributed by atoms with Gasteiger partial charge in [-0.2, -0.15) is 0 Å². The minimum absolute atomic E-state index is 0.0592. The predicted octanol–water partition coefficient (Wildman–Crippen LogP) is 4.45. The number of amides is 1. The van der Waals surface area contributed by atoms with E-state index in [1.54, 1.807) is 7.11 Å². The molecule has 1 fully saturated rings. The largest absolute Gasteiger partial charge is 0.497 e. The van der Waals surface area contributed by atoms with Gasteiger partial charge in [0, 0.05) is 37.3 Å². The van der Waals surface area contributed by atoms with E-state index >= 15 is 0 Å². The highest BCUT2D eigenvalue weighted by molar-refractivity contribution is 7.09. The zero-order chi connectivity index (χ0) is 23.2. The zero-order valence-electron chi connectivity index (χ0n) is 19.6. The first-order valence-corrected chi connectivity index (χ1v) is 12.4. The summed E-state index contributed by atoms with van der Waals surface area (Å²) in [4.78, 5) is 26.2. The highest BCUT2D eigenvalue weighted by Gasteiger charge is 2.32. The Balaban J connectivity index is 1.47. The summed E-state index contributed by atoms with van der Waals surface area (Å²) in [6.45, 7) is 4.28. The van der Waals surface area contributed by atoms with Crippen molar-refractivity contribution in [2.24, 2.45) is 5.92 Å². The lowest BCUT2D eigenvalue weighted by atomic mass is 9.84. The fourth-order valence-corrected chi connectivity index (χ4v) is 5.29. The number of thiazole rings is 1. The third-order valence-corrected chi connectivity index (χ3v) is 7.27. The molecule has 0 saturated carbocycles. The molecule has 0 radical (unpaired) electrons. The molecule has 1 atom stereocenters. The maximum Gasteiger partial charge on any atom is 0.273 e. The maximum absolute atomic E-state index is 12.9. The number of aromatic nitrogens is 2. The van der Waals surface area contributed by atoms with Gasteiger partial charge in [0.1, 0.15) is 11.4 Å². The van der Waals surface area contributed by atoms with Crippen molar-refractivity contribution in [1.29, 1.82) is 0 Å². The number of piperidine rings is 1. The van der Waals surface area contributed by atoms with Crippen LogP contribution >= 0.6 is 11.3 Å². The van der Waals surface area contributed by atoms with E-state index in [0.29, 0.717) is 17.7 Å². The number of ether oxygens (including phenoxy) is 1. The topological polar surface area (TPSA) is 58.6 Å². The number of likely N-dealkylation sites (tertiary alicyclic amines) is 1. The molecule has 33 heavy (non-hydrogen) atoms. The van der Waals surface area contributed by atoms with Gasteiger partial charge in [0.15, 0.2) is 0 Å². The number of carbonyl (C=O) groups excluding carboxylic acids is 1. The van der Waals surface area contributed by atoms with Crippen molar-refractivity contribution in [3.63, 3.8) is 0 Å². The molecule has 1 unspecified atom stereocenters. The van der Waals surface area contributed by atoms with E-state index in [9.17, 15) is 4.79 Å². The van der Waals surface area contributed by atoms with Crippen LogP contribution in [-0.4, -0.2) is 59.0 Å². The first kappa shape index (κ1) is 23.4. The number of rotatable bonds is 8. The summed E-state index contributed by atoms with van der Waals surface area (Å²) in [5.74, 6) is 1.44. The third-order valence-electron chi connectivity index (χ3n) is 6.49. The molecule has 1 aliphatic rings. The van der Waals surface area contributed by atoms with Crippen molar-refractivity contribution in [3.05, 3.63) is 76.0 Å². The molecular formula is C26H32N4O2S. The van der Waals surface area contributed by atoms with E-state index in [1.165, 1.54) is 16.9 Å². The second-order valence-electron chi connectivity index (χ2n) is 8.74. The number of carbonyl (C=O) groups is 1. The smallest absolute Gasteiger partial charge is 0.273 e. The lowest BCUT2D eigenvalue weighted by Gasteiger charge is -2.40. The molecule has 0 bridgehead atoms. The summed E-state index contributed by atoms with van der Waals surface area (Å²) >= 11 is 1.53. The SMILES string of the molecule is COc1cccc(CC(C2CCN(C(=O)c3csc(C)n3)CC2)N(C)Cc2ccccn2)c1. The lowest BCUT2D eigenvalue weighted by Crippen LogP contribution is -2.46. The van der Waals surface area contributed by atoms with Crippen LogP contribution in [0, 0.1) is 12.8 Å². The average molecular weight is 465 g/mol. The maximum atomic E-state index is 12.9. The molecule has 2 aromatic heterocycles. The predicted molar refractivity (Wildman–Crippen MR) is 132 cm³/mol. The quantitative estimate of drug-likeness (QED) is 0.493. The number of hydrogen-bond donors (Lipinski definition) is 0. The molecule has 0 aliphatic carbocycles. The number of pyridine rings is 1. The van der Waals surface area contributed by atoms with E-state index in [2.05, 4.69) is 46.2 Å². The Morgan fingerprint density at radius 2 is 2.06 bits per heavy atom. The number of hydrogen-bond acceptors (Lipinski definition) is 6. The van der Waals surface area contributed by atoms with E-state index in [-0.39, 0.29) is 5.91 Å². The second-order valence-corrected chi connectivity index (χ2v) is 9.80. The van der Waals surface area contributed by atoms with Gasteiger partial charge in [-0.15, -0.1) is 11.3 Å². The van der Waals surface area contributed by atoms with E-state index in [4.69, 9.17) is 4.74 Å². The fourth-order valence-electron chi connectivity index (χ4n) is 4.70. The van der Waals surface area contributed by atoms with Gasteiger partial charge in [0.2, 0.25) is 0 Å². The Labute approximate surface area is 200 Å². The van der Waals surface area contributed by atoms with Gasteiger partial charge in [-0.25, -0.2) is 4.98 Å². The number of aryl methyl sites for hydroxylation is 1. The number of nitrogens with zero attached hydrogens (tertiary/aromatic N) is 4. The van der Waals surface area contributed by atoms with Crippen LogP contribution in [0.1, 0.15) is 39.6 Å². The lowest BCUT2D eigenvalue weighted by molar-refractivity contribution is 0.0597. The summed E-state index contributed by atoms with van der Waals surface area (Å²) in [5.41, 5.74) is 2.92. The van der Waals surface area contributed by atoms with Crippen molar-refractivity contribution in [2.45, 2.75) is 38.8 Å². The summed E-state index contributed by atoms with van der Waals surface area (Å²) < 4.78 is 5.45. The van der Waals surface area contributed by atoms with Gasteiger partial charge in [0.05, 0.1) is 17.8 Å². The second kappa shape index (κ2) is 10.9. The van der Waals surface area contributed by atoms with Crippen LogP contribution < -0.4 is 4.74 Å². The Hall–Kier alpha value is -2.77. The van der Waals surface area contributed by atoms with Gasteiger partial charge >= 0.3 is 0 Å².